The summed E-state index contributed by atoms with van der Waals surface area (Å²) in [5, 5.41) is 20.2. The van der Waals surface area contributed by atoms with Gasteiger partial charge in [0.1, 0.15) is 11.3 Å². The van der Waals surface area contributed by atoms with Crippen LogP contribution in [0.3, 0.4) is 0 Å². The molecule has 2 aromatic carbocycles. The van der Waals surface area contributed by atoms with Crippen LogP contribution in [-0.2, 0) is 6.42 Å². The molecule has 0 aliphatic heterocycles. The van der Waals surface area contributed by atoms with E-state index >= 15 is 0 Å². The van der Waals surface area contributed by atoms with E-state index in [2.05, 4.69) is 4.98 Å². The van der Waals surface area contributed by atoms with Gasteiger partial charge >= 0.3 is 5.97 Å². The maximum Gasteiger partial charge on any atom is 0.336 e. The molecule has 3 rings (SSSR count). The fourth-order valence-electron chi connectivity index (χ4n) is 2.84. The second-order valence-electron chi connectivity index (χ2n) is 6.37. The van der Waals surface area contributed by atoms with Crippen molar-refractivity contribution in [1.29, 1.82) is 0 Å². The summed E-state index contributed by atoms with van der Waals surface area (Å²) in [5.74, 6) is -2.45. The van der Waals surface area contributed by atoms with Crippen molar-refractivity contribution in [2.75, 3.05) is 14.1 Å². The number of carboxylic acid groups (broad SMARTS) is 1. The van der Waals surface area contributed by atoms with Crippen molar-refractivity contribution < 1.29 is 24.2 Å². The number of halogens is 1. The molecule has 0 bridgehead atoms. The summed E-state index contributed by atoms with van der Waals surface area (Å²) in [5.41, 5.74) is 1.33. The third-order valence-corrected chi connectivity index (χ3v) is 4.19. The average molecular weight is 368 g/mol. The third-order valence-electron chi connectivity index (χ3n) is 4.19. The van der Waals surface area contributed by atoms with Gasteiger partial charge in [0.15, 0.2) is 5.75 Å². The molecular formula is C20H17FN2O4. The number of aromatic nitrogens is 1. The summed E-state index contributed by atoms with van der Waals surface area (Å²) < 4.78 is 13.0. The monoisotopic (exact) mass is 368 g/mol. The Morgan fingerprint density at radius 2 is 1.74 bits per heavy atom. The smallest absolute Gasteiger partial charge is 0.336 e. The maximum atomic E-state index is 13.0. The molecule has 0 radical (unpaired) electrons. The number of nitrogens with zero attached hydrogens (tertiary/aromatic N) is 2. The van der Waals surface area contributed by atoms with Crippen molar-refractivity contribution in [3.8, 4) is 5.75 Å². The van der Waals surface area contributed by atoms with Crippen LogP contribution in [0.25, 0.3) is 10.9 Å². The van der Waals surface area contributed by atoms with E-state index in [1.54, 1.807) is 18.2 Å². The first-order chi connectivity index (χ1) is 12.8. The van der Waals surface area contributed by atoms with Crippen molar-refractivity contribution in [1.82, 2.24) is 9.88 Å². The van der Waals surface area contributed by atoms with Crippen molar-refractivity contribution in [3.05, 3.63) is 70.7 Å². The second-order valence-corrected chi connectivity index (χ2v) is 6.37. The van der Waals surface area contributed by atoms with E-state index in [1.807, 2.05) is 0 Å². The van der Waals surface area contributed by atoms with Gasteiger partial charge in [0.05, 0.1) is 11.1 Å². The SMILES string of the molecule is CN(C)C(=O)c1cc(C(=O)O)c2cc(Cc3ccc(F)cc3)cnc2c1O. The highest BCUT2D eigenvalue weighted by atomic mass is 19.1. The standard InChI is InChI=1S/C20H17FN2O4/c1-23(2)19(25)16-9-15(20(26)27)14-8-12(10-22-17(14)18(16)24)7-11-3-5-13(21)6-4-11/h3-6,8-10,24H,7H2,1-2H3,(H,26,27). The van der Waals surface area contributed by atoms with Gasteiger partial charge < -0.3 is 15.1 Å². The van der Waals surface area contributed by atoms with Crippen molar-refractivity contribution in [3.63, 3.8) is 0 Å². The number of hydrogen-bond donors (Lipinski definition) is 2. The van der Waals surface area contributed by atoms with Crippen LogP contribution in [0.4, 0.5) is 4.39 Å². The highest BCUT2D eigenvalue weighted by Gasteiger charge is 2.22. The molecule has 0 fully saturated rings. The number of aromatic carboxylic acids is 1. The van der Waals surface area contributed by atoms with Crippen LogP contribution in [0, 0.1) is 5.82 Å². The molecule has 6 nitrogen and oxygen atoms in total. The molecule has 2 N–H and O–H groups in total. The molecule has 0 saturated heterocycles. The molecule has 0 atom stereocenters. The first kappa shape index (κ1) is 18.3. The Labute approximate surface area is 154 Å². The minimum Gasteiger partial charge on any atom is -0.505 e. The lowest BCUT2D eigenvalue weighted by Gasteiger charge is -2.14. The van der Waals surface area contributed by atoms with E-state index in [0.717, 1.165) is 11.6 Å². The van der Waals surface area contributed by atoms with Gasteiger partial charge in [-0.15, -0.1) is 0 Å². The Kier molecular flexibility index (Phi) is 4.77. The van der Waals surface area contributed by atoms with E-state index in [1.165, 1.54) is 37.3 Å². The predicted molar refractivity (Wildman–Crippen MR) is 97.6 cm³/mol. The maximum absolute atomic E-state index is 13.0. The van der Waals surface area contributed by atoms with Crippen LogP contribution in [-0.4, -0.2) is 46.1 Å². The van der Waals surface area contributed by atoms with Gasteiger partial charge in [-0.25, -0.2) is 9.18 Å². The summed E-state index contributed by atoms with van der Waals surface area (Å²) in [7, 11) is 3.01. The van der Waals surface area contributed by atoms with Crippen LogP contribution in [0.1, 0.15) is 31.8 Å². The van der Waals surface area contributed by atoms with Crippen LogP contribution in [0.5, 0.6) is 5.75 Å². The van der Waals surface area contributed by atoms with Crippen LogP contribution < -0.4 is 0 Å². The zero-order valence-corrected chi connectivity index (χ0v) is 14.7. The number of carbonyl (C=O) groups is 2. The van der Waals surface area contributed by atoms with Crippen LogP contribution in [0.15, 0.2) is 42.6 Å². The van der Waals surface area contributed by atoms with Gasteiger partial charge in [0, 0.05) is 25.7 Å². The summed E-state index contributed by atoms with van der Waals surface area (Å²) >= 11 is 0. The van der Waals surface area contributed by atoms with Crippen molar-refractivity contribution >= 4 is 22.8 Å². The predicted octanol–water partition coefficient (Wildman–Crippen LogP) is 3.07. The van der Waals surface area contributed by atoms with Crippen molar-refractivity contribution in [2.24, 2.45) is 0 Å². The van der Waals surface area contributed by atoms with E-state index in [4.69, 9.17) is 0 Å². The number of amides is 1. The van der Waals surface area contributed by atoms with Gasteiger partial charge in [0.2, 0.25) is 0 Å². The summed E-state index contributed by atoms with van der Waals surface area (Å²) in [6, 6.07) is 8.72. The van der Waals surface area contributed by atoms with Crippen LogP contribution >= 0.6 is 0 Å². The number of fused-ring (bicyclic) bond motifs is 1. The number of benzene rings is 2. The quantitative estimate of drug-likeness (QED) is 0.739. The molecule has 27 heavy (non-hydrogen) atoms. The lowest BCUT2D eigenvalue weighted by molar-refractivity contribution is 0.0699. The van der Waals surface area contributed by atoms with Crippen LogP contribution in [0.2, 0.25) is 0 Å². The lowest BCUT2D eigenvalue weighted by atomic mass is 9.99. The Balaban J connectivity index is 2.14. The Morgan fingerprint density at radius 3 is 2.33 bits per heavy atom. The highest BCUT2D eigenvalue weighted by molar-refractivity contribution is 6.10. The number of phenols is 1. The summed E-state index contributed by atoms with van der Waals surface area (Å²) in [6.07, 6.45) is 1.92. The molecule has 1 aromatic heterocycles. The lowest BCUT2D eigenvalue weighted by Crippen LogP contribution is -2.22. The number of rotatable bonds is 4. The van der Waals surface area contributed by atoms with Gasteiger partial charge in [-0.2, -0.15) is 0 Å². The van der Waals surface area contributed by atoms with E-state index in [9.17, 15) is 24.2 Å². The largest absolute Gasteiger partial charge is 0.505 e. The Morgan fingerprint density at radius 1 is 1.07 bits per heavy atom. The zero-order chi connectivity index (χ0) is 19.7. The molecule has 1 heterocycles. The molecule has 0 spiro atoms. The van der Waals surface area contributed by atoms with E-state index in [0.29, 0.717) is 12.0 Å². The molecule has 0 unspecified atom stereocenters. The number of carbonyl (C=O) groups excluding carboxylic acids is 1. The van der Waals surface area contributed by atoms with Gasteiger partial charge in [-0.05, 0) is 41.8 Å². The molecule has 0 aliphatic rings. The second kappa shape index (κ2) is 7.03. The summed E-state index contributed by atoms with van der Waals surface area (Å²) in [4.78, 5) is 29.4. The molecule has 138 valence electrons. The van der Waals surface area contributed by atoms with Crippen molar-refractivity contribution in [2.45, 2.75) is 6.42 Å². The molecule has 1 amide bonds. The Hall–Kier alpha value is -3.48. The zero-order valence-electron chi connectivity index (χ0n) is 14.7. The minimum atomic E-state index is -1.23. The normalized spacial score (nSPS) is 10.8. The topological polar surface area (TPSA) is 90.7 Å². The fourth-order valence-corrected chi connectivity index (χ4v) is 2.84. The third kappa shape index (κ3) is 3.57. The molecular weight excluding hydrogens is 351 g/mol. The number of phenolic OH excluding ortho intramolecular Hbond substituents is 1. The fraction of sp³-hybridized carbons (Fsp3) is 0.150. The molecule has 3 aromatic rings. The minimum absolute atomic E-state index is 0.0444. The first-order valence-electron chi connectivity index (χ1n) is 8.12. The highest BCUT2D eigenvalue weighted by Crippen LogP contribution is 2.32. The van der Waals surface area contributed by atoms with E-state index in [-0.39, 0.29) is 33.6 Å². The molecule has 7 heteroatoms. The number of aromatic hydroxyl groups is 1. The first-order valence-corrected chi connectivity index (χ1v) is 8.12. The van der Waals surface area contributed by atoms with E-state index < -0.39 is 11.9 Å². The molecule has 0 aliphatic carbocycles. The Bertz CT molecular complexity index is 1050. The average Bonchev–Trinajstić information content (AvgIpc) is 2.63. The number of pyridine rings is 1. The van der Waals surface area contributed by atoms with Gasteiger partial charge in [0.25, 0.3) is 5.91 Å². The van der Waals surface area contributed by atoms with Gasteiger partial charge in [-0.1, -0.05) is 12.1 Å². The molecule has 0 saturated carbocycles. The number of carboxylic acids is 1. The number of hydrogen-bond acceptors (Lipinski definition) is 4. The van der Waals surface area contributed by atoms with Gasteiger partial charge in [-0.3, -0.25) is 9.78 Å². The summed E-state index contributed by atoms with van der Waals surface area (Å²) in [6.45, 7) is 0.